The van der Waals surface area contributed by atoms with Gasteiger partial charge in [-0.3, -0.25) is 0 Å². The van der Waals surface area contributed by atoms with E-state index in [4.69, 9.17) is 0 Å². The summed E-state index contributed by atoms with van der Waals surface area (Å²) in [5.41, 5.74) is 1.50. The Kier molecular flexibility index (Phi) is 6.74. The van der Waals surface area contributed by atoms with E-state index >= 15 is 0 Å². The Morgan fingerprint density at radius 2 is 2.12 bits per heavy atom. The van der Waals surface area contributed by atoms with Crippen molar-refractivity contribution in [1.29, 1.82) is 0 Å². The van der Waals surface area contributed by atoms with Crippen LogP contribution in [0.1, 0.15) is 52.0 Å². The van der Waals surface area contributed by atoms with E-state index in [0.717, 1.165) is 0 Å². The van der Waals surface area contributed by atoms with Gasteiger partial charge in [-0.1, -0.05) is 33.6 Å². The predicted octanol–water partition coefficient (Wildman–Crippen LogP) is 4.24. The monoisotopic (exact) mass is 239 g/mol. The lowest BCUT2D eigenvalue weighted by Gasteiger charge is -2.21. The molecule has 1 heterocycles. The van der Waals surface area contributed by atoms with Gasteiger partial charge in [-0.25, -0.2) is 0 Å². The summed E-state index contributed by atoms with van der Waals surface area (Å²) < 4.78 is 0. The molecule has 92 valence electrons. The van der Waals surface area contributed by atoms with E-state index in [1.807, 2.05) is 0 Å². The second-order valence-corrected chi connectivity index (χ2v) is 5.61. The number of aryl methyl sites for hydroxylation is 1. The van der Waals surface area contributed by atoms with E-state index in [9.17, 15) is 0 Å². The summed E-state index contributed by atoms with van der Waals surface area (Å²) in [4.78, 5) is 0. The van der Waals surface area contributed by atoms with Crippen LogP contribution in [0.3, 0.4) is 0 Å². The van der Waals surface area contributed by atoms with Crippen molar-refractivity contribution in [2.45, 2.75) is 65.0 Å². The largest absolute Gasteiger partial charge is 0.312 e. The number of hydrogen-bond donors (Lipinski definition) is 1. The summed E-state index contributed by atoms with van der Waals surface area (Å²) in [6, 6.07) is 3.54. The summed E-state index contributed by atoms with van der Waals surface area (Å²) in [7, 11) is 0. The zero-order valence-electron chi connectivity index (χ0n) is 10.8. The van der Waals surface area contributed by atoms with Crippen LogP contribution in [-0.4, -0.2) is 12.1 Å². The SMILES string of the molecule is CCCCC(CCc1ccsc1)NC(C)C. The van der Waals surface area contributed by atoms with Crippen molar-refractivity contribution in [2.75, 3.05) is 0 Å². The minimum Gasteiger partial charge on any atom is -0.312 e. The lowest BCUT2D eigenvalue weighted by molar-refractivity contribution is 0.406. The van der Waals surface area contributed by atoms with E-state index in [-0.39, 0.29) is 0 Å². The van der Waals surface area contributed by atoms with Crippen molar-refractivity contribution in [2.24, 2.45) is 0 Å². The second-order valence-electron chi connectivity index (χ2n) is 4.83. The van der Waals surface area contributed by atoms with Crippen molar-refractivity contribution >= 4 is 11.3 Å². The van der Waals surface area contributed by atoms with Crippen LogP contribution in [0.2, 0.25) is 0 Å². The fraction of sp³-hybridized carbons (Fsp3) is 0.714. The van der Waals surface area contributed by atoms with Crippen LogP contribution >= 0.6 is 11.3 Å². The molecular weight excluding hydrogens is 214 g/mol. The average molecular weight is 239 g/mol. The zero-order chi connectivity index (χ0) is 11.8. The van der Waals surface area contributed by atoms with Gasteiger partial charge in [-0.05, 0) is 41.7 Å². The Bertz CT molecular complexity index is 254. The predicted molar refractivity (Wildman–Crippen MR) is 74.2 cm³/mol. The third-order valence-electron chi connectivity index (χ3n) is 2.84. The smallest absolute Gasteiger partial charge is 0.00725 e. The van der Waals surface area contributed by atoms with Crippen LogP contribution in [0.15, 0.2) is 16.8 Å². The molecule has 0 aliphatic rings. The van der Waals surface area contributed by atoms with Gasteiger partial charge in [0.25, 0.3) is 0 Å². The molecule has 1 aromatic rings. The number of unbranched alkanes of at least 4 members (excludes halogenated alkanes) is 1. The first-order valence-electron chi connectivity index (χ1n) is 6.49. The van der Waals surface area contributed by atoms with Crippen LogP contribution in [0.4, 0.5) is 0 Å². The zero-order valence-corrected chi connectivity index (χ0v) is 11.6. The Morgan fingerprint density at radius 1 is 1.31 bits per heavy atom. The van der Waals surface area contributed by atoms with Crippen molar-refractivity contribution in [3.8, 4) is 0 Å². The molecule has 0 bridgehead atoms. The van der Waals surface area contributed by atoms with Gasteiger partial charge in [0.05, 0.1) is 0 Å². The summed E-state index contributed by atoms with van der Waals surface area (Å²) in [6.07, 6.45) is 6.45. The highest BCUT2D eigenvalue weighted by Crippen LogP contribution is 2.13. The van der Waals surface area contributed by atoms with E-state index in [2.05, 4.69) is 42.9 Å². The van der Waals surface area contributed by atoms with Gasteiger partial charge in [0.1, 0.15) is 0 Å². The fourth-order valence-electron chi connectivity index (χ4n) is 2.01. The molecule has 1 nitrogen and oxygen atoms in total. The summed E-state index contributed by atoms with van der Waals surface area (Å²) >= 11 is 1.80. The first kappa shape index (κ1) is 13.7. The van der Waals surface area contributed by atoms with Crippen molar-refractivity contribution in [3.63, 3.8) is 0 Å². The van der Waals surface area contributed by atoms with Gasteiger partial charge in [0, 0.05) is 12.1 Å². The average Bonchev–Trinajstić information content (AvgIpc) is 2.74. The van der Waals surface area contributed by atoms with E-state index < -0.39 is 0 Å². The standard InChI is InChI=1S/C14H25NS/c1-4-5-6-14(15-12(2)3)8-7-13-9-10-16-11-13/h9-12,14-15H,4-8H2,1-3H3. The number of nitrogens with one attached hydrogen (secondary N) is 1. The maximum absolute atomic E-state index is 3.68. The molecule has 0 aliphatic heterocycles. The van der Waals surface area contributed by atoms with Crippen LogP contribution in [0.5, 0.6) is 0 Å². The van der Waals surface area contributed by atoms with Gasteiger partial charge >= 0.3 is 0 Å². The molecule has 0 radical (unpaired) electrons. The van der Waals surface area contributed by atoms with E-state index in [1.54, 1.807) is 11.3 Å². The topological polar surface area (TPSA) is 12.0 Å². The number of rotatable bonds is 8. The Balaban J connectivity index is 2.31. The van der Waals surface area contributed by atoms with Crippen molar-refractivity contribution in [3.05, 3.63) is 22.4 Å². The van der Waals surface area contributed by atoms with Gasteiger partial charge in [-0.15, -0.1) is 0 Å². The minimum atomic E-state index is 0.601. The maximum Gasteiger partial charge on any atom is 0.00725 e. The van der Waals surface area contributed by atoms with Crippen LogP contribution in [0, 0.1) is 0 Å². The summed E-state index contributed by atoms with van der Waals surface area (Å²) in [6.45, 7) is 6.75. The molecule has 0 saturated carbocycles. The van der Waals surface area contributed by atoms with Crippen LogP contribution < -0.4 is 5.32 Å². The molecule has 1 atom stereocenters. The van der Waals surface area contributed by atoms with E-state index in [1.165, 1.54) is 37.7 Å². The molecular formula is C14H25NS. The quantitative estimate of drug-likeness (QED) is 0.715. The lowest BCUT2D eigenvalue weighted by atomic mass is 10.0. The van der Waals surface area contributed by atoms with Crippen molar-refractivity contribution in [1.82, 2.24) is 5.32 Å². The van der Waals surface area contributed by atoms with Crippen LogP contribution in [0.25, 0.3) is 0 Å². The molecule has 0 saturated heterocycles. The lowest BCUT2D eigenvalue weighted by Crippen LogP contribution is -2.35. The van der Waals surface area contributed by atoms with Crippen LogP contribution in [-0.2, 0) is 6.42 Å². The molecule has 1 N–H and O–H groups in total. The molecule has 0 fully saturated rings. The molecule has 0 aliphatic carbocycles. The Hall–Kier alpha value is -0.340. The molecule has 0 aromatic carbocycles. The maximum atomic E-state index is 3.68. The number of hydrogen-bond acceptors (Lipinski definition) is 2. The van der Waals surface area contributed by atoms with Gasteiger partial charge in [-0.2, -0.15) is 11.3 Å². The van der Waals surface area contributed by atoms with E-state index in [0.29, 0.717) is 12.1 Å². The molecule has 0 spiro atoms. The highest BCUT2D eigenvalue weighted by atomic mass is 32.1. The third-order valence-corrected chi connectivity index (χ3v) is 3.57. The van der Waals surface area contributed by atoms with Gasteiger partial charge < -0.3 is 5.32 Å². The number of thiophene rings is 1. The minimum absolute atomic E-state index is 0.601. The molecule has 2 heteroatoms. The molecule has 16 heavy (non-hydrogen) atoms. The molecule has 1 aromatic heterocycles. The van der Waals surface area contributed by atoms with Gasteiger partial charge in [0.2, 0.25) is 0 Å². The molecule has 1 rings (SSSR count). The van der Waals surface area contributed by atoms with Gasteiger partial charge in [0.15, 0.2) is 0 Å². The summed E-state index contributed by atoms with van der Waals surface area (Å²) in [5, 5.41) is 8.12. The van der Waals surface area contributed by atoms with Crippen molar-refractivity contribution < 1.29 is 0 Å². The molecule has 0 amide bonds. The first-order chi connectivity index (χ1) is 7.72. The second kappa shape index (κ2) is 7.86. The summed E-state index contributed by atoms with van der Waals surface area (Å²) in [5.74, 6) is 0. The highest BCUT2D eigenvalue weighted by molar-refractivity contribution is 7.07. The normalized spacial score (nSPS) is 13.2. The Labute approximate surface area is 104 Å². The molecule has 1 unspecified atom stereocenters. The first-order valence-corrected chi connectivity index (χ1v) is 7.43. The Morgan fingerprint density at radius 3 is 2.69 bits per heavy atom. The third kappa shape index (κ3) is 5.66. The fourth-order valence-corrected chi connectivity index (χ4v) is 2.71. The highest BCUT2D eigenvalue weighted by Gasteiger charge is 2.09.